The first-order valence-corrected chi connectivity index (χ1v) is 6.83. The number of thiazole rings is 1. The Labute approximate surface area is 112 Å². The standard InChI is InChI=1S/C11H14F3N3OS/c1-2-7(16-9(18)6-3-15-4-6)10-17-8(5-19-10)11(12,13)14/h5-7,15H,2-4H2,1H3,(H,16,18). The van der Waals surface area contributed by atoms with Crippen LogP contribution >= 0.6 is 11.3 Å². The number of halogens is 3. The average molecular weight is 293 g/mol. The van der Waals surface area contributed by atoms with Crippen molar-refractivity contribution in [3.63, 3.8) is 0 Å². The van der Waals surface area contributed by atoms with Gasteiger partial charge in [0.2, 0.25) is 5.91 Å². The van der Waals surface area contributed by atoms with Crippen LogP contribution in [0.5, 0.6) is 0 Å². The molecule has 0 bridgehead atoms. The molecule has 2 N–H and O–H groups in total. The van der Waals surface area contributed by atoms with E-state index in [1.54, 1.807) is 6.92 Å². The molecule has 1 aliphatic heterocycles. The molecule has 1 aromatic rings. The summed E-state index contributed by atoms with van der Waals surface area (Å²) < 4.78 is 37.4. The lowest BCUT2D eigenvalue weighted by atomic mass is 10.0. The lowest BCUT2D eigenvalue weighted by Crippen LogP contribution is -2.51. The van der Waals surface area contributed by atoms with Crippen LogP contribution in [0.4, 0.5) is 13.2 Å². The summed E-state index contributed by atoms with van der Waals surface area (Å²) >= 11 is 0.927. The summed E-state index contributed by atoms with van der Waals surface area (Å²) in [7, 11) is 0. The number of carbonyl (C=O) groups is 1. The second kappa shape index (κ2) is 5.46. The lowest BCUT2D eigenvalue weighted by molar-refractivity contribution is -0.140. The maximum atomic E-state index is 12.5. The highest BCUT2D eigenvalue weighted by molar-refractivity contribution is 7.09. The monoisotopic (exact) mass is 293 g/mol. The van der Waals surface area contributed by atoms with Crippen molar-refractivity contribution in [3.05, 3.63) is 16.1 Å². The van der Waals surface area contributed by atoms with E-state index in [4.69, 9.17) is 0 Å². The Balaban J connectivity index is 2.04. The fourth-order valence-electron chi connectivity index (χ4n) is 1.68. The van der Waals surface area contributed by atoms with Gasteiger partial charge in [-0.15, -0.1) is 11.3 Å². The molecule has 1 saturated heterocycles. The number of hydrogen-bond donors (Lipinski definition) is 2. The Bertz CT molecular complexity index is 456. The van der Waals surface area contributed by atoms with Gasteiger partial charge in [0.05, 0.1) is 12.0 Å². The quantitative estimate of drug-likeness (QED) is 0.892. The van der Waals surface area contributed by atoms with Crippen LogP contribution in [0.2, 0.25) is 0 Å². The minimum Gasteiger partial charge on any atom is -0.347 e. The average Bonchev–Trinajstić information content (AvgIpc) is 2.71. The lowest BCUT2D eigenvalue weighted by Gasteiger charge is -2.27. The fourth-order valence-corrected chi connectivity index (χ4v) is 2.64. The molecule has 19 heavy (non-hydrogen) atoms. The predicted octanol–water partition coefficient (Wildman–Crippen LogP) is 1.95. The van der Waals surface area contributed by atoms with Crippen molar-refractivity contribution >= 4 is 17.2 Å². The summed E-state index contributed by atoms with van der Waals surface area (Å²) in [5.41, 5.74) is -0.898. The van der Waals surface area contributed by atoms with Gasteiger partial charge < -0.3 is 10.6 Å². The van der Waals surface area contributed by atoms with Crippen molar-refractivity contribution in [2.24, 2.45) is 5.92 Å². The van der Waals surface area contributed by atoms with E-state index in [0.717, 1.165) is 16.7 Å². The largest absolute Gasteiger partial charge is 0.434 e. The summed E-state index contributed by atoms with van der Waals surface area (Å²) in [6.07, 6.45) is -3.92. The van der Waals surface area contributed by atoms with Gasteiger partial charge in [-0.2, -0.15) is 13.2 Å². The highest BCUT2D eigenvalue weighted by atomic mass is 32.1. The zero-order valence-corrected chi connectivity index (χ0v) is 11.1. The van der Waals surface area contributed by atoms with Crippen molar-refractivity contribution in [2.75, 3.05) is 13.1 Å². The summed E-state index contributed by atoms with van der Waals surface area (Å²) in [5.74, 6) is -0.217. The van der Waals surface area contributed by atoms with Gasteiger partial charge in [0.1, 0.15) is 5.01 Å². The molecule has 0 spiro atoms. The van der Waals surface area contributed by atoms with Crippen molar-refractivity contribution in [1.29, 1.82) is 0 Å². The highest BCUT2D eigenvalue weighted by Crippen LogP contribution is 2.32. The van der Waals surface area contributed by atoms with Gasteiger partial charge in [-0.1, -0.05) is 6.92 Å². The zero-order chi connectivity index (χ0) is 14.0. The smallest absolute Gasteiger partial charge is 0.347 e. The molecule has 1 unspecified atom stereocenters. The van der Waals surface area contributed by atoms with E-state index in [0.29, 0.717) is 24.5 Å². The molecule has 0 radical (unpaired) electrons. The first-order valence-electron chi connectivity index (χ1n) is 5.95. The van der Waals surface area contributed by atoms with Gasteiger partial charge in [0.15, 0.2) is 5.69 Å². The number of nitrogens with one attached hydrogen (secondary N) is 2. The molecule has 2 rings (SSSR count). The normalized spacial score (nSPS) is 17.9. The summed E-state index contributed by atoms with van der Waals surface area (Å²) in [6, 6.07) is -0.450. The molecule has 2 heterocycles. The van der Waals surface area contributed by atoms with E-state index < -0.39 is 17.9 Å². The molecular formula is C11H14F3N3OS. The first-order chi connectivity index (χ1) is 8.91. The van der Waals surface area contributed by atoms with Crippen molar-refractivity contribution in [1.82, 2.24) is 15.6 Å². The molecule has 1 fully saturated rings. The van der Waals surface area contributed by atoms with Gasteiger partial charge in [0, 0.05) is 18.5 Å². The van der Waals surface area contributed by atoms with Crippen LogP contribution in [-0.4, -0.2) is 24.0 Å². The maximum absolute atomic E-state index is 12.5. The third-order valence-electron chi connectivity index (χ3n) is 2.99. The van der Waals surface area contributed by atoms with Crippen LogP contribution in [0.25, 0.3) is 0 Å². The predicted molar refractivity (Wildman–Crippen MR) is 64.7 cm³/mol. The SMILES string of the molecule is CCC(NC(=O)C1CNC1)c1nc(C(F)(F)F)cs1. The minimum atomic E-state index is -4.44. The molecule has 8 heteroatoms. The molecule has 4 nitrogen and oxygen atoms in total. The van der Waals surface area contributed by atoms with Gasteiger partial charge in [-0.3, -0.25) is 4.79 Å². The molecular weight excluding hydrogens is 279 g/mol. The number of amides is 1. The van der Waals surface area contributed by atoms with Crippen LogP contribution in [-0.2, 0) is 11.0 Å². The number of aromatic nitrogens is 1. The molecule has 1 amide bonds. The number of hydrogen-bond acceptors (Lipinski definition) is 4. The maximum Gasteiger partial charge on any atom is 0.434 e. The Morgan fingerprint density at radius 1 is 1.63 bits per heavy atom. The molecule has 106 valence electrons. The van der Waals surface area contributed by atoms with E-state index in [9.17, 15) is 18.0 Å². The molecule has 1 aromatic heterocycles. The Morgan fingerprint density at radius 2 is 2.32 bits per heavy atom. The number of rotatable bonds is 4. The molecule has 0 aromatic carbocycles. The van der Waals surface area contributed by atoms with E-state index in [-0.39, 0.29) is 11.8 Å². The third kappa shape index (κ3) is 3.24. The van der Waals surface area contributed by atoms with Crippen molar-refractivity contribution in [2.45, 2.75) is 25.6 Å². The Morgan fingerprint density at radius 3 is 2.74 bits per heavy atom. The van der Waals surface area contributed by atoms with Gasteiger partial charge in [-0.25, -0.2) is 4.98 Å². The molecule has 0 saturated carbocycles. The number of nitrogens with zero attached hydrogens (tertiary/aromatic N) is 1. The van der Waals surface area contributed by atoms with Crippen molar-refractivity contribution in [3.8, 4) is 0 Å². The van der Waals surface area contributed by atoms with Crippen LogP contribution in [0.1, 0.15) is 30.1 Å². The Hall–Kier alpha value is -1.15. The molecule has 1 aliphatic rings. The topological polar surface area (TPSA) is 54.0 Å². The second-order valence-corrected chi connectivity index (χ2v) is 5.28. The van der Waals surface area contributed by atoms with Gasteiger partial charge >= 0.3 is 6.18 Å². The van der Waals surface area contributed by atoms with Crippen molar-refractivity contribution < 1.29 is 18.0 Å². The highest BCUT2D eigenvalue weighted by Gasteiger charge is 2.35. The summed E-state index contributed by atoms with van der Waals surface area (Å²) in [6.45, 7) is 3.04. The van der Waals surface area contributed by atoms with Crippen LogP contribution < -0.4 is 10.6 Å². The fraction of sp³-hybridized carbons (Fsp3) is 0.636. The Kier molecular flexibility index (Phi) is 4.10. The molecule has 1 atom stereocenters. The molecule has 0 aliphatic carbocycles. The minimum absolute atomic E-state index is 0.0869. The van der Waals surface area contributed by atoms with E-state index in [2.05, 4.69) is 15.6 Å². The third-order valence-corrected chi connectivity index (χ3v) is 3.95. The van der Waals surface area contributed by atoms with E-state index in [1.807, 2.05) is 0 Å². The summed E-state index contributed by atoms with van der Waals surface area (Å²) in [4.78, 5) is 15.3. The van der Waals surface area contributed by atoms with E-state index >= 15 is 0 Å². The van der Waals surface area contributed by atoms with Crippen LogP contribution in [0.15, 0.2) is 5.38 Å². The van der Waals surface area contributed by atoms with Crippen LogP contribution in [0, 0.1) is 5.92 Å². The van der Waals surface area contributed by atoms with Gasteiger partial charge in [-0.05, 0) is 6.42 Å². The van der Waals surface area contributed by atoms with Crippen LogP contribution in [0.3, 0.4) is 0 Å². The van der Waals surface area contributed by atoms with Gasteiger partial charge in [0.25, 0.3) is 0 Å². The number of carbonyl (C=O) groups excluding carboxylic acids is 1. The zero-order valence-electron chi connectivity index (χ0n) is 10.3. The summed E-state index contributed by atoms with van der Waals surface area (Å²) in [5, 5.41) is 7.01. The second-order valence-electron chi connectivity index (χ2n) is 4.39. The van der Waals surface area contributed by atoms with E-state index in [1.165, 1.54) is 0 Å². The first kappa shape index (κ1) is 14.3. The number of alkyl halides is 3.